The minimum Gasteiger partial charge on any atom is -0.481 e. The van der Waals surface area contributed by atoms with Crippen LogP contribution in [0.15, 0.2) is 0 Å². The fourth-order valence-electron chi connectivity index (χ4n) is 1.76. The van der Waals surface area contributed by atoms with E-state index in [2.05, 4.69) is 5.10 Å². The number of nitrogens with one attached hydrogen (secondary N) is 1. The van der Waals surface area contributed by atoms with Gasteiger partial charge >= 0.3 is 12.1 Å². The summed E-state index contributed by atoms with van der Waals surface area (Å²) in [5.74, 6) is -1.32. The van der Waals surface area contributed by atoms with Gasteiger partial charge in [0.25, 0.3) is 0 Å². The molecule has 1 atom stereocenters. The largest absolute Gasteiger partial charge is 0.481 e. The number of aryl methyl sites for hydroxylation is 2. The summed E-state index contributed by atoms with van der Waals surface area (Å²) >= 11 is 0. The second kappa shape index (κ2) is 5.47. The van der Waals surface area contributed by atoms with Crippen LogP contribution >= 0.6 is 0 Å². The summed E-state index contributed by atoms with van der Waals surface area (Å²) in [5, 5.41) is 14.9. The van der Waals surface area contributed by atoms with Crippen molar-refractivity contribution in [1.82, 2.24) is 15.1 Å². The van der Waals surface area contributed by atoms with Gasteiger partial charge in [0.05, 0.1) is 24.9 Å². The van der Waals surface area contributed by atoms with Crippen molar-refractivity contribution in [2.45, 2.75) is 19.1 Å². The summed E-state index contributed by atoms with van der Waals surface area (Å²) in [6.45, 7) is 0.0878. The van der Waals surface area contributed by atoms with Gasteiger partial charge in [-0.2, -0.15) is 18.3 Å². The zero-order chi connectivity index (χ0) is 14.8. The van der Waals surface area contributed by atoms with Gasteiger partial charge in [0.15, 0.2) is 0 Å². The van der Waals surface area contributed by atoms with Crippen molar-refractivity contribution in [3.8, 4) is 5.88 Å². The molecule has 1 rings (SSSR count). The monoisotopic (exact) mass is 281 g/mol. The first-order valence-electron chi connectivity index (χ1n) is 5.27. The van der Waals surface area contributed by atoms with E-state index in [4.69, 9.17) is 9.84 Å². The lowest BCUT2D eigenvalue weighted by molar-refractivity contribution is -0.143. The van der Waals surface area contributed by atoms with Crippen LogP contribution < -0.4 is 10.1 Å². The topological polar surface area (TPSA) is 76.4 Å². The molecule has 1 heterocycles. The van der Waals surface area contributed by atoms with Gasteiger partial charge in [-0.05, 0) is 6.92 Å². The number of methoxy groups -OCH3 is 1. The lowest BCUT2D eigenvalue weighted by Crippen LogP contribution is -2.36. The Morgan fingerprint density at radius 2 is 2.16 bits per heavy atom. The van der Waals surface area contributed by atoms with Gasteiger partial charge in [-0.15, -0.1) is 0 Å². The number of aliphatic carboxylic acids is 1. The molecule has 1 aromatic rings. The van der Waals surface area contributed by atoms with Gasteiger partial charge in [-0.1, -0.05) is 0 Å². The number of hydrogen-bond donors (Lipinski definition) is 2. The summed E-state index contributed by atoms with van der Waals surface area (Å²) in [4.78, 5) is 11.1. The van der Waals surface area contributed by atoms with Crippen molar-refractivity contribution in [3.63, 3.8) is 0 Å². The van der Waals surface area contributed by atoms with Crippen LogP contribution in [-0.2, 0) is 11.8 Å². The zero-order valence-corrected chi connectivity index (χ0v) is 10.6. The molecule has 0 spiro atoms. The van der Waals surface area contributed by atoms with Crippen LogP contribution in [0, 0.1) is 6.92 Å². The Bertz CT molecular complexity index is 471. The number of alkyl halides is 3. The minimum absolute atomic E-state index is 0.0850. The van der Waals surface area contributed by atoms with Crippen LogP contribution in [-0.4, -0.2) is 40.7 Å². The smallest absolute Gasteiger partial charge is 0.401 e. The lowest BCUT2D eigenvalue weighted by atomic mass is 10.1. The Morgan fingerprint density at radius 3 is 2.58 bits per heavy atom. The van der Waals surface area contributed by atoms with E-state index in [1.165, 1.54) is 25.8 Å². The first-order chi connectivity index (χ1) is 8.67. The van der Waals surface area contributed by atoms with E-state index in [0.717, 1.165) is 0 Å². The molecule has 0 fully saturated rings. The van der Waals surface area contributed by atoms with Crippen molar-refractivity contribution in [2.24, 2.45) is 7.05 Å². The fraction of sp³-hybridized carbons (Fsp3) is 0.600. The van der Waals surface area contributed by atoms with Crippen LogP contribution in [0.3, 0.4) is 0 Å². The molecular weight excluding hydrogens is 267 g/mol. The predicted octanol–water partition coefficient (Wildman–Crippen LogP) is 1.01. The Balaban J connectivity index is 3.10. The summed E-state index contributed by atoms with van der Waals surface area (Å²) in [7, 11) is 2.81. The third-order valence-corrected chi connectivity index (χ3v) is 2.45. The summed E-state index contributed by atoms with van der Waals surface area (Å²) in [6, 6.07) is -1.54. The second-order valence-electron chi connectivity index (χ2n) is 3.90. The molecule has 0 aliphatic carbocycles. The van der Waals surface area contributed by atoms with Crippen LogP contribution in [0.2, 0.25) is 0 Å². The molecule has 0 saturated heterocycles. The molecule has 19 heavy (non-hydrogen) atoms. The highest BCUT2D eigenvalue weighted by molar-refractivity contribution is 5.77. The quantitative estimate of drug-likeness (QED) is 0.842. The van der Waals surface area contributed by atoms with Gasteiger partial charge in [0.1, 0.15) is 6.04 Å². The maximum atomic E-state index is 12.2. The van der Waals surface area contributed by atoms with E-state index < -0.39 is 24.7 Å². The van der Waals surface area contributed by atoms with E-state index in [1.54, 1.807) is 0 Å². The summed E-state index contributed by atoms with van der Waals surface area (Å²) in [5.41, 5.74) is 0.378. The Labute approximate surface area is 107 Å². The van der Waals surface area contributed by atoms with Gasteiger partial charge in [0, 0.05) is 7.05 Å². The highest BCUT2D eigenvalue weighted by Gasteiger charge is 2.34. The number of rotatable bonds is 5. The molecule has 0 aliphatic heterocycles. The molecule has 0 aromatic carbocycles. The highest BCUT2D eigenvalue weighted by atomic mass is 19.4. The predicted molar refractivity (Wildman–Crippen MR) is 58.9 cm³/mol. The van der Waals surface area contributed by atoms with Crippen molar-refractivity contribution in [3.05, 3.63) is 11.3 Å². The molecule has 0 bridgehead atoms. The molecule has 0 radical (unpaired) electrons. The van der Waals surface area contributed by atoms with Crippen LogP contribution in [0.4, 0.5) is 13.2 Å². The van der Waals surface area contributed by atoms with Crippen molar-refractivity contribution < 1.29 is 27.8 Å². The Kier molecular flexibility index (Phi) is 4.40. The molecule has 1 unspecified atom stereocenters. The average Bonchev–Trinajstić information content (AvgIpc) is 2.52. The van der Waals surface area contributed by atoms with Gasteiger partial charge in [-0.3, -0.25) is 10.1 Å². The second-order valence-corrected chi connectivity index (χ2v) is 3.90. The van der Waals surface area contributed by atoms with Gasteiger partial charge in [0.2, 0.25) is 5.88 Å². The molecule has 9 heteroatoms. The van der Waals surface area contributed by atoms with Crippen molar-refractivity contribution in [2.75, 3.05) is 13.7 Å². The number of aromatic nitrogens is 2. The normalized spacial score (nSPS) is 13.4. The first kappa shape index (κ1) is 15.3. The number of nitrogens with zero attached hydrogens (tertiary/aromatic N) is 2. The van der Waals surface area contributed by atoms with E-state index in [1.807, 2.05) is 5.32 Å². The number of hydrogen-bond acceptors (Lipinski definition) is 4. The lowest BCUT2D eigenvalue weighted by Gasteiger charge is -2.16. The standard InChI is InChI=1S/C10H14F3N3O3/c1-5-6(8(19-3)16(2)15-5)7(9(17)18)14-4-10(11,12)13/h7,14H,4H2,1-3H3,(H,17,18). The number of carboxylic acid groups (broad SMARTS) is 1. The van der Waals surface area contributed by atoms with Crippen molar-refractivity contribution in [1.29, 1.82) is 0 Å². The number of carboxylic acids is 1. The van der Waals surface area contributed by atoms with Crippen LogP contribution in [0.1, 0.15) is 17.3 Å². The average molecular weight is 281 g/mol. The summed E-state index contributed by atoms with van der Waals surface area (Å²) in [6.07, 6.45) is -4.50. The van der Waals surface area contributed by atoms with Gasteiger partial charge < -0.3 is 9.84 Å². The number of carbonyl (C=O) groups is 1. The molecule has 0 aliphatic rings. The zero-order valence-electron chi connectivity index (χ0n) is 10.6. The van der Waals surface area contributed by atoms with Crippen LogP contribution in [0.5, 0.6) is 5.88 Å². The summed E-state index contributed by atoms with van der Waals surface area (Å²) < 4.78 is 42.8. The Morgan fingerprint density at radius 1 is 1.58 bits per heavy atom. The first-order valence-corrected chi connectivity index (χ1v) is 5.27. The molecule has 0 saturated carbocycles. The molecule has 1 aromatic heterocycles. The molecular formula is C10H14F3N3O3. The molecule has 0 amide bonds. The highest BCUT2D eigenvalue weighted by Crippen LogP contribution is 2.28. The van der Waals surface area contributed by atoms with Gasteiger partial charge in [-0.25, -0.2) is 4.68 Å². The molecule has 2 N–H and O–H groups in total. The number of halogens is 3. The van der Waals surface area contributed by atoms with Crippen LogP contribution in [0.25, 0.3) is 0 Å². The van der Waals surface area contributed by atoms with E-state index in [9.17, 15) is 18.0 Å². The van der Waals surface area contributed by atoms with E-state index in [0.29, 0.717) is 5.69 Å². The Hall–Kier alpha value is -1.77. The molecule has 6 nitrogen and oxygen atoms in total. The van der Waals surface area contributed by atoms with E-state index >= 15 is 0 Å². The third kappa shape index (κ3) is 3.60. The SMILES string of the molecule is COc1c(C(NCC(F)(F)F)C(=O)O)c(C)nn1C. The maximum absolute atomic E-state index is 12.2. The maximum Gasteiger partial charge on any atom is 0.401 e. The molecule has 108 valence electrons. The number of ether oxygens (including phenoxy) is 1. The van der Waals surface area contributed by atoms with Crippen molar-refractivity contribution >= 4 is 5.97 Å². The third-order valence-electron chi connectivity index (χ3n) is 2.45. The fourth-order valence-corrected chi connectivity index (χ4v) is 1.76. The van der Waals surface area contributed by atoms with E-state index in [-0.39, 0.29) is 11.4 Å². The minimum atomic E-state index is -4.50.